The molecule has 1 unspecified atom stereocenters. The minimum Gasteiger partial charge on any atom is -0.304 e. The first-order valence-electron chi connectivity index (χ1n) is 6.90. The van der Waals surface area contributed by atoms with Crippen LogP contribution in [-0.4, -0.2) is 20.6 Å². The molecule has 3 heterocycles. The van der Waals surface area contributed by atoms with E-state index in [2.05, 4.69) is 32.4 Å². The fourth-order valence-corrected chi connectivity index (χ4v) is 6.71. The molecule has 4 rings (SSSR count). The normalized spacial score (nSPS) is 24.9. The standard InChI is InChI=1S/C14H15BrN2OS2/c1-14(6-15)7-19-13-16-11(18)10-8-4-2-3-5-9(8)20-12(10)17(13)14/h2-7H2,1H3. The maximum absolute atomic E-state index is 12.4. The van der Waals surface area contributed by atoms with Crippen LogP contribution in [0.2, 0.25) is 0 Å². The highest BCUT2D eigenvalue weighted by atomic mass is 79.9. The second-order valence-electron chi connectivity index (χ2n) is 5.85. The summed E-state index contributed by atoms with van der Waals surface area (Å²) in [5.74, 6) is 0.979. The second-order valence-corrected chi connectivity index (χ2v) is 8.43. The van der Waals surface area contributed by atoms with Crippen LogP contribution in [0.25, 0.3) is 10.2 Å². The number of aryl methyl sites for hydroxylation is 2. The summed E-state index contributed by atoms with van der Waals surface area (Å²) in [6.45, 7) is 2.25. The van der Waals surface area contributed by atoms with E-state index in [1.807, 2.05) is 11.3 Å². The van der Waals surface area contributed by atoms with Crippen LogP contribution in [-0.2, 0) is 18.4 Å². The van der Waals surface area contributed by atoms with Gasteiger partial charge >= 0.3 is 0 Å². The van der Waals surface area contributed by atoms with Gasteiger partial charge in [0, 0.05) is 16.0 Å². The number of rotatable bonds is 1. The van der Waals surface area contributed by atoms with Crippen LogP contribution in [0.15, 0.2) is 9.95 Å². The van der Waals surface area contributed by atoms with Gasteiger partial charge in [-0.2, -0.15) is 4.98 Å². The third-order valence-electron chi connectivity index (χ3n) is 4.30. The Kier molecular flexibility index (Phi) is 3.06. The molecule has 2 aromatic rings. The van der Waals surface area contributed by atoms with Gasteiger partial charge in [0.05, 0.1) is 10.9 Å². The van der Waals surface area contributed by atoms with Gasteiger partial charge < -0.3 is 4.57 Å². The van der Waals surface area contributed by atoms with Gasteiger partial charge in [0.15, 0.2) is 5.16 Å². The lowest BCUT2D eigenvalue weighted by atomic mass is 9.97. The maximum atomic E-state index is 12.4. The highest BCUT2D eigenvalue weighted by Gasteiger charge is 2.37. The third kappa shape index (κ3) is 1.70. The Bertz CT molecular complexity index is 767. The van der Waals surface area contributed by atoms with Gasteiger partial charge in [0.1, 0.15) is 4.83 Å². The lowest BCUT2D eigenvalue weighted by Crippen LogP contribution is -2.32. The number of hydrogen-bond donors (Lipinski definition) is 0. The third-order valence-corrected chi connectivity index (χ3v) is 8.08. The van der Waals surface area contributed by atoms with Gasteiger partial charge in [0.25, 0.3) is 5.56 Å². The highest BCUT2D eigenvalue weighted by molar-refractivity contribution is 9.09. The number of thioether (sulfide) groups is 1. The average Bonchev–Trinajstić information content (AvgIpc) is 2.98. The first-order chi connectivity index (χ1) is 9.64. The number of thiophene rings is 1. The van der Waals surface area contributed by atoms with Crippen molar-refractivity contribution in [1.82, 2.24) is 9.55 Å². The van der Waals surface area contributed by atoms with E-state index in [1.54, 1.807) is 11.8 Å². The highest BCUT2D eigenvalue weighted by Crippen LogP contribution is 2.43. The fraction of sp³-hybridized carbons (Fsp3) is 0.571. The van der Waals surface area contributed by atoms with E-state index < -0.39 is 0 Å². The maximum Gasteiger partial charge on any atom is 0.282 e. The molecule has 0 saturated carbocycles. The molecule has 0 bridgehead atoms. The summed E-state index contributed by atoms with van der Waals surface area (Å²) in [5.41, 5.74) is 1.29. The molecule has 0 aromatic carbocycles. The van der Waals surface area contributed by atoms with Crippen molar-refractivity contribution in [3.8, 4) is 0 Å². The van der Waals surface area contributed by atoms with Crippen molar-refractivity contribution in [1.29, 1.82) is 0 Å². The molecule has 2 aliphatic rings. The number of nitrogens with zero attached hydrogens (tertiary/aromatic N) is 2. The van der Waals surface area contributed by atoms with E-state index in [9.17, 15) is 4.79 Å². The number of halogens is 1. The molecule has 0 N–H and O–H groups in total. The van der Waals surface area contributed by atoms with E-state index in [4.69, 9.17) is 0 Å². The van der Waals surface area contributed by atoms with Crippen molar-refractivity contribution in [2.24, 2.45) is 0 Å². The Labute approximate surface area is 133 Å². The van der Waals surface area contributed by atoms with Crippen molar-refractivity contribution >= 4 is 49.2 Å². The summed E-state index contributed by atoms with van der Waals surface area (Å²) in [6, 6.07) is 0. The summed E-state index contributed by atoms with van der Waals surface area (Å²) in [6.07, 6.45) is 4.62. The second kappa shape index (κ2) is 4.58. The van der Waals surface area contributed by atoms with Crippen molar-refractivity contribution in [2.45, 2.75) is 43.3 Å². The summed E-state index contributed by atoms with van der Waals surface area (Å²) in [4.78, 5) is 19.4. The fourth-order valence-electron chi connectivity index (χ4n) is 3.16. The van der Waals surface area contributed by atoms with Crippen molar-refractivity contribution in [3.63, 3.8) is 0 Å². The smallest absolute Gasteiger partial charge is 0.282 e. The summed E-state index contributed by atoms with van der Waals surface area (Å²) >= 11 is 7.17. The number of hydrogen-bond acceptors (Lipinski definition) is 4. The van der Waals surface area contributed by atoms with Gasteiger partial charge in [-0.25, -0.2) is 0 Å². The molecule has 1 aliphatic heterocycles. The van der Waals surface area contributed by atoms with Crippen molar-refractivity contribution in [3.05, 3.63) is 20.8 Å². The Morgan fingerprint density at radius 1 is 1.40 bits per heavy atom. The largest absolute Gasteiger partial charge is 0.304 e. The zero-order chi connectivity index (χ0) is 13.9. The van der Waals surface area contributed by atoms with Gasteiger partial charge in [-0.3, -0.25) is 4.79 Å². The van der Waals surface area contributed by atoms with E-state index >= 15 is 0 Å². The predicted molar refractivity (Wildman–Crippen MR) is 88.7 cm³/mol. The predicted octanol–water partition coefficient (Wildman–Crippen LogP) is 3.55. The quantitative estimate of drug-likeness (QED) is 0.568. The van der Waals surface area contributed by atoms with E-state index in [0.717, 1.165) is 39.3 Å². The molecule has 0 spiro atoms. The molecule has 0 amide bonds. The Balaban J connectivity index is 2.11. The van der Waals surface area contributed by atoms with Crippen LogP contribution in [0.5, 0.6) is 0 Å². The molecule has 106 valence electrons. The number of fused-ring (bicyclic) bond motifs is 5. The van der Waals surface area contributed by atoms with Crippen molar-refractivity contribution in [2.75, 3.05) is 11.1 Å². The molecule has 20 heavy (non-hydrogen) atoms. The van der Waals surface area contributed by atoms with E-state index in [0.29, 0.717) is 0 Å². The summed E-state index contributed by atoms with van der Waals surface area (Å²) in [5, 5.41) is 2.69. The Morgan fingerprint density at radius 2 is 2.20 bits per heavy atom. The van der Waals surface area contributed by atoms with Gasteiger partial charge in [-0.15, -0.1) is 11.3 Å². The molecular weight excluding hydrogens is 356 g/mol. The molecule has 3 nitrogen and oxygen atoms in total. The van der Waals surface area contributed by atoms with Crippen LogP contribution < -0.4 is 5.56 Å². The van der Waals surface area contributed by atoms with Gasteiger partial charge in [-0.05, 0) is 38.2 Å². The van der Waals surface area contributed by atoms with E-state index in [1.165, 1.54) is 23.3 Å². The van der Waals surface area contributed by atoms with Crippen LogP contribution in [0.4, 0.5) is 0 Å². The number of alkyl halides is 1. The minimum absolute atomic E-state index is 0.0167. The Morgan fingerprint density at radius 3 is 3.00 bits per heavy atom. The SMILES string of the molecule is CC1(CBr)CSc2nc(=O)c3c4c(sc3n21)CCCC4. The molecule has 0 saturated heterocycles. The molecule has 1 aliphatic carbocycles. The summed E-state index contributed by atoms with van der Waals surface area (Å²) < 4.78 is 2.31. The van der Waals surface area contributed by atoms with Crippen LogP contribution in [0.3, 0.4) is 0 Å². The van der Waals surface area contributed by atoms with Crippen molar-refractivity contribution < 1.29 is 0 Å². The zero-order valence-electron chi connectivity index (χ0n) is 11.2. The van der Waals surface area contributed by atoms with Gasteiger partial charge in [0.2, 0.25) is 0 Å². The van der Waals surface area contributed by atoms with Crippen LogP contribution >= 0.6 is 39.0 Å². The first-order valence-corrected chi connectivity index (χ1v) is 9.83. The number of aromatic nitrogens is 2. The zero-order valence-corrected chi connectivity index (χ0v) is 14.5. The molecule has 2 aromatic heterocycles. The minimum atomic E-state index is -0.0167. The molecule has 6 heteroatoms. The van der Waals surface area contributed by atoms with Gasteiger partial charge in [-0.1, -0.05) is 27.7 Å². The monoisotopic (exact) mass is 370 g/mol. The van der Waals surface area contributed by atoms with Crippen LogP contribution in [0, 0.1) is 0 Å². The molecule has 0 radical (unpaired) electrons. The first kappa shape index (κ1) is 13.3. The molecule has 1 atom stereocenters. The topological polar surface area (TPSA) is 34.9 Å². The Hall–Kier alpha value is -0.330. The van der Waals surface area contributed by atoms with Crippen LogP contribution in [0.1, 0.15) is 30.2 Å². The lowest BCUT2D eigenvalue weighted by Gasteiger charge is -2.24. The lowest BCUT2D eigenvalue weighted by molar-refractivity contribution is 0.412. The molecular formula is C14H15BrN2OS2. The average molecular weight is 371 g/mol. The summed E-state index contributed by atoms with van der Waals surface area (Å²) in [7, 11) is 0. The van der Waals surface area contributed by atoms with E-state index in [-0.39, 0.29) is 11.1 Å². The molecule has 0 fully saturated rings.